The van der Waals surface area contributed by atoms with Gasteiger partial charge in [0.2, 0.25) is 0 Å². The predicted octanol–water partition coefficient (Wildman–Crippen LogP) is -2.08. The molecular weight excluding hydrogens is 380 g/mol. The number of hydrogen-bond donors (Lipinski definition) is 8. The summed E-state index contributed by atoms with van der Waals surface area (Å²) in [5, 5.41) is 65.2. The van der Waals surface area contributed by atoms with Gasteiger partial charge >= 0.3 is 35.8 Å². The lowest BCUT2D eigenvalue weighted by Crippen LogP contribution is -2.42. The molecule has 1 atom stereocenters. The molecule has 0 saturated heterocycles. The van der Waals surface area contributed by atoms with Crippen LogP contribution in [-0.4, -0.2) is 88.4 Å². The zero-order valence-electron chi connectivity index (χ0n) is 13.7. The Balaban J connectivity index is -0.000000351. The van der Waals surface area contributed by atoms with Gasteiger partial charge in [-0.25, -0.2) is 19.2 Å². The van der Waals surface area contributed by atoms with Crippen LogP contribution in [-0.2, 0) is 28.8 Å². The first-order valence-corrected chi connectivity index (χ1v) is 6.49. The minimum Gasteiger partial charge on any atom is -0.481 e. The van der Waals surface area contributed by atoms with E-state index in [2.05, 4.69) is 0 Å². The van der Waals surface area contributed by atoms with Crippen LogP contribution >= 0.6 is 0 Å². The third-order valence-electron chi connectivity index (χ3n) is 2.01. The SMILES string of the molecule is CC(O)C(=O)O.O=C(O)C=CC(=O)O.O=C(O)CC(O)(CC(=O)O)C(=O)O. The molecule has 8 N–H and O–H groups in total. The zero-order valence-corrected chi connectivity index (χ0v) is 13.7. The van der Waals surface area contributed by atoms with Crippen LogP contribution in [0.15, 0.2) is 12.2 Å². The molecule has 0 aromatic carbocycles. The number of aliphatic hydroxyl groups is 2. The summed E-state index contributed by atoms with van der Waals surface area (Å²) in [6.45, 7) is 1.20. The van der Waals surface area contributed by atoms with E-state index in [-0.39, 0.29) is 0 Å². The van der Waals surface area contributed by atoms with Gasteiger partial charge in [0.25, 0.3) is 0 Å². The molecule has 14 heteroatoms. The molecule has 154 valence electrons. The summed E-state index contributed by atoms with van der Waals surface area (Å²) >= 11 is 0. The van der Waals surface area contributed by atoms with E-state index in [1.54, 1.807) is 0 Å². The van der Waals surface area contributed by atoms with Gasteiger partial charge in [0.1, 0.15) is 6.10 Å². The fourth-order valence-corrected chi connectivity index (χ4v) is 0.857. The van der Waals surface area contributed by atoms with E-state index in [0.717, 1.165) is 0 Å². The normalized spacial score (nSPS) is 11.1. The van der Waals surface area contributed by atoms with Crippen LogP contribution in [0.2, 0.25) is 0 Å². The van der Waals surface area contributed by atoms with Gasteiger partial charge in [0, 0.05) is 12.2 Å². The van der Waals surface area contributed by atoms with Crippen molar-refractivity contribution in [2.75, 3.05) is 0 Å². The van der Waals surface area contributed by atoms with Crippen molar-refractivity contribution in [2.24, 2.45) is 0 Å². The lowest BCUT2D eigenvalue weighted by molar-refractivity contribution is -0.170. The minimum absolute atomic E-state index is 0.558. The molecule has 0 aromatic rings. The van der Waals surface area contributed by atoms with Crippen molar-refractivity contribution in [3.8, 4) is 0 Å². The molecule has 0 heterocycles. The van der Waals surface area contributed by atoms with E-state index < -0.39 is 60.4 Å². The fourth-order valence-electron chi connectivity index (χ4n) is 0.857. The predicted molar refractivity (Wildman–Crippen MR) is 80.8 cm³/mol. The van der Waals surface area contributed by atoms with E-state index in [9.17, 15) is 28.8 Å². The second kappa shape index (κ2) is 13.7. The molecule has 27 heavy (non-hydrogen) atoms. The number of carbonyl (C=O) groups is 6. The average molecular weight is 398 g/mol. The zero-order chi connectivity index (χ0) is 22.4. The van der Waals surface area contributed by atoms with Gasteiger partial charge in [-0.15, -0.1) is 0 Å². The molecule has 14 nitrogen and oxygen atoms in total. The Morgan fingerprint density at radius 1 is 0.778 bits per heavy atom. The van der Waals surface area contributed by atoms with E-state index >= 15 is 0 Å². The van der Waals surface area contributed by atoms with Gasteiger partial charge < -0.3 is 40.9 Å². The summed E-state index contributed by atoms with van der Waals surface area (Å²) in [7, 11) is 0. The quantitative estimate of drug-likeness (QED) is 0.204. The van der Waals surface area contributed by atoms with E-state index in [0.29, 0.717) is 12.2 Å². The largest absolute Gasteiger partial charge is 0.481 e. The molecule has 0 amide bonds. The number of carboxylic acid groups (broad SMARTS) is 6. The van der Waals surface area contributed by atoms with Crippen molar-refractivity contribution in [2.45, 2.75) is 31.5 Å². The first-order chi connectivity index (χ1) is 12.0. The molecular formula is C13H18O14. The van der Waals surface area contributed by atoms with Crippen LogP contribution in [0, 0.1) is 0 Å². The van der Waals surface area contributed by atoms with Crippen molar-refractivity contribution in [1.82, 2.24) is 0 Å². The Labute approximate surface area is 150 Å². The Morgan fingerprint density at radius 2 is 1.04 bits per heavy atom. The molecule has 0 saturated carbocycles. The minimum atomic E-state index is -2.74. The summed E-state index contributed by atoms with van der Waals surface area (Å²) in [6.07, 6.45) is -2.40. The lowest BCUT2D eigenvalue weighted by atomic mass is 9.96. The number of carboxylic acids is 6. The first kappa shape index (κ1) is 28.3. The molecule has 0 bridgehead atoms. The number of rotatable bonds is 8. The molecule has 0 aliphatic rings. The molecule has 0 aromatic heterocycles. The second-order valence-corrected chi connectivity index (χ2v) is 4.50. The first-order valence-electron chi connectivity index (χ1n) is 6.49. The highest BCUT2D eigenvalue weighted by molar-refractivity contribution is 5.89. The summed E-state index contributed by atoms with van der Waals surface area (Å²) in [5.74, 6) is -8.72. The lowest BCUT2D eigenvalue weighted by Gasteiger charge is -2.18. The highest BCUT2D eigenvalue weighted by atomic mass is 16.4. The van der Waals surface area contributed by atoms with Crippen LogP contribution in [0.4, 0.5) is 0 Å². The number of aliphatic hydroxyl groups excluding tert-OH is 1. The van der Waals surface area contributed by atoms with Crippen LogP contribution < -0.4 is 0 Å². The molecule has 0 rings (SSSR count). The molecule has 0 aliphatic heterocycles. The van der Waals surface area contributed by atoms with E-state index in [1.807, 2.05) is 0 Å². The van der Waals surface area contributed by atoms with Crippen LogP contribution in [0.3, 0.4) is 0 Å². The third kappa shape index (κ3) is 20.4. The number of hydrogen-bond acceptors (Lipinski definition) is 8. The van der Waals surface area contributed by atoms with Gasteiger partial charge in [-0.3, -0.25) is 9.59 Å². The third-order valence-corrected chi connectivity index (χ3v) is 2.01. The average Bonchev–Trinajstić information content (AvgIpc) is 2.44. The van der Waals surface area contributed by atoms with Crippen molar-refractivity contribution < 1.29 is 69.6 Å². The van der Waals surface area contributed by atoms with Crippen molar-refractivity contribution in [3.05, 3.63) is 12.2 Å². The molecule has 0 fully saturated rings. The second-order valence-electron chi connectivity index (χ2n) is 4.50. The topological polar surface area (TPSA) is 264 Å². The van der Waals surface area contributed by atoms with Gasteiger partial charge in [0.15, 0.2) is 5.60 Å². The molecule has 0 aliphatic carbocycles. The Hall–Kier alpha value is -3.52. The van der Waals surface area contributed by atoms with E-state index in [1.165, 1.54) is 6.92 Å². The summed E-state index contributed by atoms with van der Waals surface area (Å²) < 4.78 is 0. The van der Waals surface area contributed by atoms with Crippen molar-refractivity contribution in [1.29, 1.82) is 0 Å². The maximum absolute atomic E-state index is 10.3. The molecule has 1 unspecified atom stereocenters. The molecule has 0 radical (unpaired) electrons. The Bertz CT molecular complexity index is 556. The van der Waals surface area contributed by atoms with Crippen molar-refractivity contribution in [3.63, 3.8) is 0 Å². The summed E-state index contributed by atoms with van der Waals surface area (Å²) in [4.78, 5) is 59.0. The number of aliphatic carboxylic acids is 6. The Kier molecular flexibility index (Phi) is 14.4. The van der Waals surface area contributed by atoms with Crippen molar-refractivity contribution >= 4 is 35.8 Å². The van der Waals surface area contributed by atoms with Crippen LogP contribution in [0.5, 0.6) is 0 Å². The van der Waals surface area contributed by atoms with Gasteiger partial charge in [-0.2, -0.15) is 0 Å². The van der Waals surface area contributed by atoms with Gasteiger partial charge in [-0.1, -0.05) is 0 Å². The molecule has 0 spiro atoms. The fraction of sp³-hybridized carbons (Fsp3) is 0.385. The highest BCUT2D eigenvalue weighted by Gasteiger charge is 2.40. The monoisotopic (exact) mass is 398 g/mol. The maximum atomic E-state index is 10.3. The van der Waals surface area contributed by atoms with Gasteiger partial charge in [0.05, 0.1) is 12.8 Å². The highest BCUT2D eigenvalue weighted by Crippen LogP contribution is 2.15. The van der Waals surface area contributed by atoms with E-state index in [4.69, 9.17) is 40.9 Å². The smallest absolute Gasteiger partial charge is 0.336 e. The van der Waals surface area contributed by atoms with Gasteiger partial charge in [-0.05, 0) is 6.92 Å². The summed E-state index contributed by atoms with van der Waals surface area (Å²) in [5.41, 5.74) is -2.74. The summed E-state index contributed by atoms with van der Waals surface area (Å²) in [6, 6.07) is 0. The van der Waals surface area contributed by atoms with Crippen LogP contribution in [0.25, 0.3) is 0 Å². The van der Waals surface area contributed by atoms with Crippen LogP contribution in [0.1, 0.15) is 19.8 Å². The Morgan fingerprint density at radius 3 is 1.15 bits per heavy atom. The maximum Gasteiger partial charge on any atom is 0.336 e. The standard InChI is InChI=1S/C6H8O7.C4H4O4.C3H6O3/c7-3(8)1-6(13,5(11)12)2-4(9)10;5-3(6)1-2-4(7)8;1-2(4)3(5)6/h13H,1-2H2,(H,7,8)(H,9,10)(H,11,12);1-2H,(H,5,6)(H,7,8);2,4H,1H3,(H,5,6).